The molecule has 0 spiro atoms. The summed E-state index contributed by atoms with van der Waals surface area (Å²) in [7, 11) is 0. The minimum Gasteiger partial charge on any atom is -0.0829 e. The number of hydrogen-bond acceptors (Lipinski definition) is 0. The monoisotopic (exact) mass is 198 g/mol. The molecule has 0 saturated carbocycles. The summed E-state index contributed by atoms with van der Waals surface area (Å²) in [5.74, 6) is 0. The van der Waals surface area contributed by atoms with Crippen LogP contribution in [0.15, 0.2) is 42.0 Å². The average molecular weight is 198 g/mol. The standard InChI is InChI=1S/C15H18/c1-5-11-12-9-7-8-10-14(12)15(3,4)13(11)6-2/h5-10H,1-4H3/b11-5-,13-6+. The van der Waals surface area contributed by atoms with Gasteiger partial charge in [-0.1, -0.05) is 50.3 Å². The van der Waals surface area contributed by atoms with Gasteiger partial charge in [-0.05, 0) is 36.1 Å². The van der Waals surface area contributed by atoms with Crippen molar-refractivity contribution in [3.8, 4) is 0 Å². The van der Waals surface area contributed by atoms with Crippen LogP contribution in [-0.4, -0.2) is 0 Å². The summed E-state index contributed by atoms with van der Waals surface area (Å²) < 4.78 is 0. The lowest BCUT2D eigenvalue weighted by Crippen LogP contribution is -2.14. The maximum atomic E-state index is 2.30. The van der Waals surface area contributed by atoms with E-state index in [1.54, 1.807) is 0 Å². The second-order valence-electron chi connectivity index (χ2n) is 4.58. The van der Waals surface area contributed by atoms with E-state index in [1.807, 2.05) is 0 Å². The molecule has 1 aliphatic carbocycles. The van der Waals surface area contributed by atoms with Gasteiger partial charge < -0.3 is 0 Å². The van der Waals surface area contributed by atoms with Gasteiger partial charge >= 0.3 is 0 Å². The first-order valence-corrected chi connectivity index (χ1v) is 5.56. The predicted octanol–water partition coefficient (Wildman–Crippen LogP) is 4.33. The highest BCUT2D eigenvalue weighted by Gasteiger charge is 2.36. The second-order valence-corrected chi connectivity index (χ2v) is 4.58. The first-order chi connectivity index (χ1) is 7.12. The van der Waals surface area contributed by atoms with Gasteiger partial charge in [-0.15, -0.1) is 0 Å². The lowest BCUT2D eigenvalue weighted by molar-refractivity contribution is 0.659. The first-order valence-electron chi connectivity index (χ1n) is 5.56. The Morgan fingerprint density at radius 1 is 1.00 bits per heavy atom. The smallest absolute Gasteiger partial charge is 0.0155 e. The van der Waals surface area contributed by atoms with Crippen LogP contribution in [-0.2, 0) is 5.41 Å². The van der Waals surface area contributed by atoms with Gasteiger partial charge in [0, 0.05) is 5.41 Å². The molecule has 0 fully saturated rings. The Balaban J connectivity index is 2.76. The van der Waals surface area contributed by atoms with Gasteiger partial charge in [0.2, 0.25) is 0 Å². The molecule has 0 N–H and O–H groups in total. The molecular formula is C15H18. The number of allylic oxidation sites excluding steroid dienone is 4. The molecule has 0 atom stereocenters. The van der Waals surface area contributed by atoms with Gasteiger partial charge in [-0.2, -0.15) is 0 Å². The van der Waals surface area contributed by atoms with Crippen molar-refractivity contribution in [1.29, 1.82) is 0 Å². The van der Waals surface area contributed by atoms with Crippen molar-refractivity contribution in [3.63, 3.8) is 0 Å². The van der Waals surface area contributed by atoms with Gasteiger partial charge in [0.15, 0.2) is 0 Å². The first kappa shape index (κ1) is 10.2. The van der Waals surface area contributed by atoms with Gasteiger partial charge in [0.1, 0.15) is 0 Å². The zero-order valence-electron chi connectivity index (χ0n) is 9.96. The fourth-order valence-corrected chi connectivity index (χ4v) is 2.72. The molecule has 0 saturated heterocycles. The molecule has 0 unspecified atom stereocenters. The van der Waals surface area contributed by atoms with Crippen LogP contribution in [0, 0.1) is 0 Å². The van der Waals surface area contributed by atoms with Crippen molar-refractivity contribution < 1.29 is 0 Å². The lowest BCUT2D eigenvalue weighted by atomic mass is 9.82. The number of benzene rings is 1. The molecule has 15 heavy (non-hydrogen) atoms. The second kappa shape index (κ2) is 3.37. The highest BCUT2D eigenvalue weighted by molar-refractivity contribution is 5.89. The molecule has 0 heterocycles. The number of fused-ring (bicyclic) bond motifs is 1. The molecule has 1 aliphatic rings. The fourth-order valence-electron chi connectivity index (χ4n) is 2.72. The molecule has 0 aromatic heterocycles. The Bertz CT molecular complexity index is 445. The molecule has 0 bridgehead atoms. The van der Waals surface area contributed by atoms with E-state index in [2.05, 4.69) is 64.1 Å². The molecule has 78 valence electrons. The Morgan fingerprint density at radius 3 is 2.27 bits per heavy atom. The highest BCUT2D eigenvalue weighted by atomic mass is 14.4. The third-order valence-corrected chi connectivity index (χ3v) is 3.43. The van der Waals surface area contributed by atoms with Crippen LogP contribution < -0.4 is 0 Å². The van der Waals surface area contributed by atoms with Gasteiger partial charge in [-0.3, -0.25) is 0 Å². The molecular weight excluding hydrogens is 180 g/mol. The molecule has 1 aromatic carbocycles. The average Bonchev–Trinajstić information content (AvgIpc) is 2.46. The van der Waals surface area contributed by atoms with Gasteiger partial charge in [0.05, 0.1) is 0 Å². The van der Waals surface area contributed by atoms with E-state index < -0.39 is 0 Å². The van der Waals surface area contributed by atoms with Crippen molar-refractivity contribution >= 4 is 5.57 Å². The van der Waals surface area contributed by atoms with E-state index in [1.165, 1.54) is 22.3 Å². The summed E-state index contributed by atoms with van der Waals surface area (Å²) in [6.07, 6.45) is 4.47. The summed E-state index contributed by atoms with van der Waals surface area (Å²) in [6.45, 7) is 8.86. The SMILES string of the molecule is C/C=C1\C(=C/C)c2ccccc2C1(C)C. The molecule has 0 radical (unpaired) electrons. The van der Waals surface area contributed by atoms with E-state index in [0.717, 1.165) is 0 Å². The third kappa shape index (κ3) is 1.28. The molecule has 0 aliphatic heterocycles. The Labute approximate surface area is 92.3 Å². The molecule has 0 heteroatoms. The Kier molecular flexibility index (Phi) is 2.30. The topological polar surface area (TPSA) is 0 Å². The molecule has 0 amide bonds. The minimum absolute atomic E-state index is 0.160. The van der Waals surface area contributed by atoms with Crippen LogP contribution in [0.4, 0.5) is 0 Å². The van der Waals surface area contributed by atoms with E-state index in [9.17, 15) is 0 Å². The van der Waals surface area contributed by atoms with Crippen molar-refractivity contribution in [2.75, 3.05) is 0 Å². The quantitative estimate of drug-likeness (QED) is 0.582. The van der Waals surface area contributed by atoms with E-state index in [4.69, 9.17) is 0 Å². The molecule has 2 rings (SSSR count). The number of hydrogen-bond donors (Lipinski definition) is 0. The van der Waals surface area contributed by atoms with Gasteiger partial charge in [-0.25, -0.2) is 0 Å². The summed E-state index contributed by atoms with van der Waals surface area (Å²) in [5.41, 5.74) is 5.86. The zero-order valence-corrected chi connectivity index (χ0v) is 9.96. The summed E-state index contributed by atoms with van der Waals surface area (Å²) >= 11 is 0. The predicted molar refractivity (Wildman–Crippen MR) is 66.9 cm³/mol. The van der Waals surface area contributed by atoms with Crippen molar-refractivity contribution in [3.05, 3.63) is 53.1 Å². The number of rotatable bonds is 0. The van der Waals surface area contributed by atoms with Crippen LogP contribution in [0.25, 0.3) is 5.57 Å². The van der Waals surface area contributed by atoms with Crippen LogP contribution >= 0.6 is 0 Å². The lowest BCUT2D eigenvalue weighted by Gasteiger charge is -2.21. The summed E-state index contributed by atoms with van der Waals surface area (Å²) in [5, 5.41) is 0. The van der Waals surface area contributed by atoms with Crippen LogP contribution in [0.5, 0.6) is 0 Å². The summed E-state index contributed by atoms with van der Waals surface area (Å²) in [6, 6.07) is 8.72. The Hall–Kier alpha value is -1.30. The highest BCUT2D eigenvalue weighted by Crippen LogP contribution is 2.49. The zero-order chi connectivity index (χ0) is 11.1. The van der Waals surface area contributed by atoms with Crippen molar-refractivity contribution in [1.82, 2.24) is 0 Å². The van der Waals surface area contributed by atoms with Gasteiger partial charge in [0.25, 0.3) is 0 Å². The molecule has 0 nitrogen and oxygen atoms in total. The largest absolute Gasteiger partial charge is 0.0829 e. The normalized spacial score (nSPS) is 23.5. The Morgan fingerprint density at radius 2 is 1.67 bits per heavy atom. The van der Waals surface area contributed by atoms with E-state index in [0.29, 0.717) is 0 Å². The summed E-state index contributed by atoms with van der Waals surface area (Å²) in [4.78, 5) is 0. The molecule has 1 aromatic rings. The minimum atomic E-state index is 0.160. The van der Waals surface area contributed by atoms with E-state index >= 15 is 0 Å². The maximum absolute atomic E-state index is 2.30. The maximum Gasteiger partial charge on any atom is 0.0155 e. The van der Waals surface area contributed by atoms with Crippen LogP contribution in [0.2, 0.25) is 0 Å². The van der Waals surface area contributed by atoms with Crippen molar-refractivity contribution in [2.45, 2.75) is 33.1 Å². The van der Waals surface area contributed by atoms with Crippen LogP contribution in [0.1, 0.15) is 38.8 Å². The third-order valence-electron chi connectivity index (χ3n) is 3.43. The van der Waals surface area contributed by atoms with E-state index in [-0.39, 0.29) is 5.41 Å². The van der Waals surface area contributed by atoms with Crippen LogP contribution in [0.3, 0.4) is 0 Å². The van der Waals surface area contributed by atoms with Crippen molar-refractivity contribution in [2.24, 2.45) is 0 Å². The fraction of sp³-hybridized carbons (Fsp3) is 0.333.